The number of carbonyl (C=O) groups excluding carboxylic acids is 1. The van der Waals surface area contributed by atoms with E-state index in [0.717, 1.165) is 23.2 Å². The van der Waals surface area contributed by atoms with Crippen molar-refractivity contribution in [2.24, 2.45) is 0 Å². The molecular weight excluding hydrogens is 320 g/mol. The Kier molecular flexibility index (Phi) is 5.04. The molecule has 0 amide bonds. The highest BCUT2D eigenvalue weighted by atomic mass is 16.6. The summed E-state index contributed by atoms with van der Waals surface area (Å²) < 4.78 is 11.7. The monoisotopic (exact) mass is 340 g/mol. The van der Waals surface area contributed by atoms with Crippen molar-refractivity contribution < 1.29 is 14.3 Å². The van der Waals surface area contributed by atoms with Gasteiger partial charge in [-0.1, -0.05) is 37.3 Å². The Labute approximate surface area is 145 Å². The fourth-order valence-corrected chi connectivity index (χ4v) is 2.67. The van der Waals surface area contributed by atoms with E-state index in [1.165, 1.54) is 0 Å². The average molecular weight is 340 g/mol. The van der Waals surface area contributed by atoms with E-state index in [1.54, 1.807) is 18.5 Å². The summed E-state index contributed by atoms with van der Waals surface area (Å²) in [6.07, 6.45) is 0.751. The van der Waals surface area contributed by atoms with Crippen molar-refractivity contribution >= 4 is 11.6 Å². The zero-order chi connectivity index (χ0) is 17.8. The number of carbonyl (C=O) groups is 1. The third-order valence-corrected chi connectivity index (χ3v) is 3.95. The van der Waals surface area contributed by atoms with Gasteiger partial charge in [0, 0.05) is 7.11 Å². The van der Waals surface area contributed by atoms with Crippen LogP contribution in [0.25, 0.3) is 16.8 Å². The van der Waals surface area contributed by atoms with Crippen molar-refractivity contribution in [3.05, 3.63) is 47.4 Å². The number of aryl methyl sites for hydroxylation is 2. The molecule has 1 aromatic carbocycles. The van der Waals surface area contributed by atoms with Crippen LogP contribution in [-0.4, -0.2) is 46.1 Å². The molecule has 0 spiro atoms. The van der Waals surface area contributed by atoms with Gasteiger partial charge in [-0.15, -0.1) is 10.2 Å². The van der Waals surface area contributed by atoms with E-state index in [9.17, 15) is 4.79 Å². The molecule has 25 heavy (non-hydrogen) atoms. The number of ether oxygens (including phenoxy) is 2. The number of esters is 1. The largest absolute Gasteiger partial charge is 0.458 e. The van der Waals surface area contributed by atoms with Gasteiger partial charge in [0.15, 0.2) is 11.3 Å². The highest BCUT2D eigenvalue weighted by Gasteiger charge is 2.21. The van der Waals surface area contributed by atoms with Gasteiger partial charge in [-0.3, -0.25) is 0 Å². The lowest BCUT2D eigenvalue weighted by Crippen LogP contribution is -2.16. The predicted molar refractivity (Wildman–Crippen MR) is 92.5 cm³/mol. The number of aromatic nitrogens is 4. The van der Waals surface area contributed by atoms with Crippen LogP contribution in [-0.2, 0) is 15.9 Å². The second kappa shape index (κ2) is 7.40. The second-order valence-corrected chi connectivity index (χ2v) is 5.54. The van der Waals surface area contributed by atoms with Crippen LogP contribution >= 0.6 is 0 Å². The minimum absolute atomic E-state index is 0.161. The Morgan fingerprint density at radius 1 is 1.16 bits per heavy atom. The molecule has 0 aliphatic carbocycles. The second-order valence-electron chi connectivity index (χ2n) is 5.54. The Balaban J connectivity index is 2.07. The fraction of sp³-hybridized carbons (Fsp3) is 0.333. The summed E-state index contributed by atoms with van der Waals surface area (Å²) in [5, 5.41) is 13.0. The van der Waals surface area contributed by atoms with Crippen LogP contribution in [0.2, 0.25) is 0 Å². The summed E-state index contributed by atoms with van der Waals surface area (Å²) in [5.41, 5.74) is 4.27. The van der Waals surface area contributed by atoms with Crippen LogP contribution in [0.3, 0.4) is 0 Å². The van der Waals surface area contributed by atoms with Gasteiger partial charge >= 0.3 is 5.97 Å². The lowest BCUT2D eigenvalue weighted by molar-refractivity contribution is 0.0378. The standard InChI is InChI=1S/C18H20N4O3/c1-4-14-15(13-8-6-5-7-9-13)17-20-19-16(12(2)22(17)21-14)18(23)25-11-10-24-3/h5-9H,4,10-11H2,1-3H3. The molecule has 0 aliphatic heterocycles. The third-order valence-electron chi connectivity index (χ3n) is 3.95. The first kappa shape index (κ1) is 17.0. The lowest BCUT2D eigenvalue weighted by atomic mass is 10.0. The number of methoxy groups -OCH3 is 1. The van der Waals surface area contributed by atoms with Gasteiger partial charge in [-0.2, -0.15) is 5.10 Å². The molecule has 0 bridgehead atoms. The number of hydrogen-bond acceptors (Lipinski definition) is 6. The molecule has 7 nitrogen and oxygen atoms in total. The molecule has 7 heteroatoms. The maximum atomic E-state index is 12.2. The van der Waals surface area contributed by atoms with Gasteiger partial charge < -0.3 is 9.47 Å². The molecule has 2 heterocycles. The predicted octanol–water partition coefficient (Wildman–Crippen LogP) is 2.47. The molecule has 0 aliphatic rings. The Morgan fingerprint density at radius 2 is 1.92 bits per heavy atom. The first-order valence-corrected chi connectivity index (χ1v) is 8.13. The number of nitrogens with zero attached hydrogens (tertiary/aromatic N) is 4. The first-order valence-electron chi connectivity index (χ1n) is 8.13. The summed E-state index contributed by atoms with van der Waals surface area (Å²) in [6.45, 7) is 4.33. The molecule has 2 aromatic heterocycles. The maximum absolute atomic E-state index is 12.2. The van der Waals surface area contributed by atoms with Crippen molar-refractivity contribution in [3.63, 3.8) is 0 Å². The smallest absolute Gasteiger partial charge is 0.360 e. The summed E-state index contributed by atoms with van der Waals surface area (Å²) in [5.74, 6) is -0.529. The van der Waals surface area contributed by atoms with Crippen LogP contribution in [0.15, 0.2) is 30.3 Å². The van der Waals surface area contributed by atoms with Gasteiger partial charge in [0.1, 0.15) is 6.61 Å². The Bertz CT molecular complexity index is 890. The fourth-order valence-electron chi connectivity index (χ4n) is 2.67. The van der Waals surface area contributed by atoms with Gasteiger partial charge in [0.05, 0.1) is 23.6 Å². The minimum Gasteiger partial charge on any atom is -0.458 e. The maximum Gasteiger partial charge on any atom is 0.360 e. The Hall–Kier alpha value is -2.80. The van der Waals surface area contributed by atoms with Crippen molar-refractivity contribution in [2.75, 3.05) is 20.3 Å². The quantitative estimate of drug-likeness (QED) is 0.507. The van der Waals surface area contributed by atoms with Gasteiger partial charge in [0.25, 0.3) is 0 Å². The zero-order valence-corrected chi connectivity index (χ0v) is 14.5. The third kappa shape index (κ3) is 3.23. The molecule has 0 radical (unpaired) electrons. The van der Waals surface area contributed by atoms with E-state index in [1.807, 2.05) is 37.3 Å². The van der Waals surface area contributed by atoms with Crippen LogP contribution in [0, 0.1) is 6.92 Å². The van der Waals surface area contributed by atoms with Crippen molar-refractivity contribution in [2.45, 2.75) is 20.3 Å². The lowest BCUT2D eigenvalue weighted by Gasteiger charge is -2.07. The molecule has 0 fully saturated rings. The van der Waals surface area contributed by atoms with Crippen molar-refractivity contribution in [1.29, 1.82) is 0 Å². The first-order chi connectivity index (χ1) is 12.2. The average Bonchev–Trinajstić information content (AvgIpc) is 3.02. The van der Waals surface area contributed by atoms with Crippen LogP contribution in [0.4, 0.5) is 0 Å². The van der Waals surface area contributed by atoms with Gasteiger partial charge in [-0.05, 0) is 18.9 Å². The molecule has 0 N–H and O–H groups in total. The van der Waals surface area contributed by atoms with E-state index in [-0.39, 0.29) is 12.3 Å². The molecule has 3 aromatic rings. The Morgan fingerprint density at radius 3 is 2.60 bits per heavy atom. The summed E-state index contributed by atoms with van der Waals surface area (Å²) in [4.78, 5) is 12.2. The van der Waals surface area contributed by atoms with Crippen LogP contribution in [0.5, 0.6) is 0 Å². The van der Waals surface area contributed by atoms with E-state index in [0.29, 0.717) is 17.9 Å². The highest BCUT2D eigenvalue weighted by molar-refractivity contribution is 5.89. The van der Waals surface area contributed by atoms with Crippen molar-refractivity contribution in [3.8, 4) is 11.1 Å². The number of hydrogen-bond donors (Lipinski definition) is 0. The highest BCUT2D eigenvalue weighted by Crippen LogP contribution is 2.28. The molecule has 130 valence electrons. The molecule has 0 unspecified atom stereocenters. The van der Waals surface area contributed by atoms with E-state index >= 15 is 0 Å². The van der Waals surface area contributed by atoms with E-state index in [2.05, 4.69) is 15.3 Å². The van der Waals surface area contributed by atoms with Crippen LogP contribution < -0.4 is 0 Å². The molecular formula is C18H20N4O3. The van der Waals surface area contributed by atoms with Gasteiger partial charge in [0.2, 0.25) is 0 Å². The number of rotatable bonds is 6. The van der Waals surface area contributed by atoms with E-state index in [4.69, 9.17) is 9.47 Å². The molecule has 3 rings (SSSR count). The zero-order valence-electron chi connectivity index (χ0n) is 14.5. The number of fused-ring (bicyclic) bond motifs is 1. The molecule has 0 saturated heterocycles. The van der Waals surface area contributed by atoms with Gasteiger partial charge in [-0.25, -0.2) is 9.31 Å². The summed E-state index contributed by atoms with van der Waals surface area (Å²) in [7, 11) is 1.55. The minimum atomic E-state index is -0.529. The normalized spacial score (nSPS) is 11.0. The van der Waals surface area contributed by atoms with E-state index < -0.39 is 5.97 Å². The van der Waals surface area contributed by atoms with Crippen LogP contribution in [0.1, 0.15) is 28.8 Å². The topological polar surface area (TPSA) is 78.6 Å². The SMILES string of the molecule is CCc1nn2c(C)c(C(=O)OCCOC)nnc2c1-c1ccccc1. The number of benzene rings is 1. The molecule has 0 atom stereocenters. The molecule has 0 saturated carbocycles. The summed E-state index contributed by atoms with van der Waals surface area (Å²) in [6, 6.07) is 9.94. The summed E-state index contributed by atoms with van der Waals surface area (Å²) >= 11 is 0. The van der Waals surface area contributed by atoms with Crippen molar-refractivity contribution in [1.82, 2.24) is 19.8 Å².